The number of nitrogens with one attached hydrogen (secondary N) is 2. The first-order valence-corrected chi connectivity index (χ1v) is 8.04. The molecule has 0 saturated heterocycles. The number of imidazole rings is 1. The molecule has 3 rings (SSSR count). The van der Waals surface area contributed by atoms with E-state index in [-0.39, 0.29) is 5.91 Å². The summed E-state index contributed by atoms with van der Waals surface area (Å²) in [5.74, 6) is 0.871. The second-order valence-corrected chi connectivity index (χ2v) is 6.12. The topological polar surface area (TPSA) is 61.0 Å². The van der Waals surface area contributed by atoms with Gasteiger partial charge in [-0.15, -0.1) is 0 Å². The fourth-order valence-corrected chi connectivity index (χ4v) is 2.67. The van der Waals surface area contributed by atoms with Gasteiger partial charge >= 0.3 is 0 Å². The molecule has 1 heterocycles. The zero-order chi connectivity index (χ0) is 17.1. The molecule has 1 amide bonds. The van der Waals surface area contributed by atoms with Crippen molar-refractivity contribution in [3.63, 3.8) is 0 Å². The van der Waals surface area contributed by atoms with E-state index in [2.05, 4.69) is 27.4 Å². The number of H-pyrrole nitrogens is 1. The maximum atomic E-state index is 12.2. The van der Waals surface area contributed by atoms with Gasteiger partial charge in [0.1, 0.15) is 5.82 Å². The molecule has 1 aromatic heterocycles. The molecule has 0 saturated carbocycles. The number of hydrogen-bond donors (Lipinski definition) is 2. The number of aromatic nitrogens is 2. The van der Waals surface area contributed by atoms with Crippen molar-refractivity contribution in [3.05, 3.63) is 59.4 Å². The summed E-state index contributed by atoms with van der Waals surface area (Å²) in [4.78, 5) is 21.8. The second-order valence-electron chi connectivity index (χ2n) is 6.12. The highest BCUT2D eigenvalue weighted by Gasteiger charge is 2.06. The van der Waals surface area contributed by atoms with Gasteiger partial charge in [-0.2, -0.15) is 0 Å². The van der Waals surface area contributed by atoms with Gasteiger partial charge < -0.3 is 15.2 Å². The lowest BCUT2D eigenvalue weighted by Gasteiger charge is -2.12. The van der Waals surface area contributed by atoms with Gasteiger partial charge in [0.25, 0.3) is 5.91 Å². The van der Waals surface area contributed by atoms with Gasteiger partial charge in [0, 0.05) is 31.9 Å². The zero-order valence-corrected chi connectivity index (χ0v) is 14.3. The predicted molar refractivity (Wildman–Crippen MR) is 97.6 cm³/mol. The lowest BCUT2D eigenvalue weighted by atomic mass is 10.1. The minimum absolute atomic E-state index is 0.0428. The summed E-state index contributed by atoms with van der Waals surface area (Å²) in [6.45, 7) is 2.55. The summed E-state index contributed by atoms with van der Waals surface area (Å²) in [6.07, 6.45) is 0.787. The summed E-state index contributed by atoms with van der Waals surface area (Å²) in [7, 11) is 3.96. The molecule has 5 heteroatoms. The lowest BCUT2D eigenvalue weighted by molar-refractivity contribution is 0.0954. The third-order valence-corrected chi connectivity index (χ3v) is 4.01. The summed E-state index contributed by atoms with van der Waals surface area (Å²) in [5, 5.41) is 2.97. The van der Waals surface area contributed by atoms with Crippen LogP contribution in [0.5, 0.6) is 0 Å². The number of carbonyl (C=O) groups excluding carboxylic acids is 1. The van der Waals surface area contributed by atoms with Gasteiger partial charge in [0.15, 0.2) is 0 Å². The minimum Gasteiger partial charge on any atom is -0.378 e. The number of aryl methyl sites for hydroxylation is 1. The highest BCUT2D eigenvalue weighted by molar-refractivity contribution is 5.94. The average molecular weight is 322 g/mol. The molecule has 0 atom stereocenters. The predicted octanol–water partition coefficient (Wildman–Crippen LogP) is 2.91. The number of nitrogens with zero attached hydrogens (tertiary/aromatic N) is 2. The van der Waals surface area contributed by atoms with Gasteiger partial charge in [-0.05, 0) is 55.3 Å². The van der Waals surface area contributed by atoms with E-state index in [4.69, 9.17) is 0 Å². The van der Waals surface area contributed by atoms with Gasteiger partial charge in [-0.25, -0.2) is 4.98 Å². The van der Waals surface area contributed by atoms with Crippen molar-refractivity contribution < 1.29 is 4.79 Å². The van der Waals surface area contributed by atoms with Crippen molar-refractivity contribution in [3.8, 4) is 0 Å². The molecule has 2 N–H and O–H groups in total. The van der Waals surface area contributed by atoms with Crippen LogP contribution in [-0.4, -0.2) is 36.5 Å². The van der Waals surface area contributed by atoms with Crippen molar-refractivity contribution in [1.82, 2.24) is 15.3 Å². The molecule has 3 aromatic rings. The molecular weight excluding hydrogens is 300 g/mol. The van der Waals surface area contributed by atoms with E-state index in [9.17, 15) is 4.79 Å². The summed E-state index contributed by atoms with van der Waals surface area (Å²) in [5.41, 5.74) is 4.95. The van der Waals surface area contributed by atoms with Crippen LogP contribution >= 0.6 is 0 Å². The van der Waals surface area contributed by atoms with Crippen molar-refractivity contribution >= 4 is 22.6 Å². The van der Waals surface area contributed by atoms with Gasteiger partial charge in [-0.1, -0.05) is 6.07 Å². The number of anilines is 1. The number of carbonyl (C=O) groups is 1. The van der Waals surface area contributed by atoms with Crippen LogP contribution in [0.3, 0.4) is 0 Å². The zero-order valence-electron chi connectivity index (χ0n) is 14.3. The molecule has 0 bridgehead atoms. The standard InChI is InChI=1S/C19H22N4O/c1-13-21-17-9-4-14(12-18(17)22-13)10-11-20-19(24)15-5-7-16(8-6-15)23(2)3/h4-9,12H,10-11H2,1-3H3,(H,20,24)(H,21,22). The Bertz CT molecular complexity index is 849. The number of rotatable bonds is 5. The van der Waals surface area contributed by atoms with Crippen LogP contribution in [0.1, 0.15) is 21.7 Å². The number of aromatic amines is 1. The Morgan fingerprint density at radius 1 is 1.17 bits per heavy atom. The monoisotopic (exact) mass is 322 g/mol. The Kier molecular flexibility index (Phi) is 4.51. The number of amides is 1. The van der Waals surface area contributed by atoms with Crippen molar-refractivity contribution in [2.24, 2.45) is 0 Å². The smallest absolute Gasteiger partial charge is 0.251 e. The first-order chi connectivity index (χ1) is 11.5. The Morgan fingerprint density at radius 2 is 1.92 bits per heavy atom. The Morgan fingerprint density at radius 3 is 2.62 bits per heavy atom. The van der Waals surface area contributed by atoms with Gasteiger partial charge in [0.2, 0.25) is 0 Å². The average Bonchev–Trinajstić information content (AvgIpc) is 2.94. The molecule has 5 nitrogen and oxygen atoms in total. The van der Waals surface area contributed by atoms with E-state index < -0.39 is 0 Å². The Labute approximate surface area is 141 Å². The summed E-state index contributed by atoms with van der Waals surface area (Å²) < 4.78 is 0. The number of hydrogen-bond acceptors (Lipinski definition) is 3. The Balaban J connectivity index is 1.57. The van der Waals surface area contributed by atoms with Crippen LogP contribution in [-0.2, 0) is 6.42 Å². The van der Waals surface area contributed by atoms with E-state index in [1.807, 2.05) is 56.3 Å². The molecule has 124 valence electrons. The van der Waals surface area contributed by atoms with E-state index in [0.29, 0.717) is 12.1 Å². The van der Waals surface area contributed by atoms with E-state index in [0.717, 1.165) is 29.0 Å². The molecule has 0 unspecified atom stereocenters. The minimum atomic E-state index is -0.0428. The van der Waals surface area contributed by atoms with Crippen LogP contribution in [0.25, 0.3) is 11.0 Å². The first-order valence-electron chi connectivity index (χ1n) is 8.04. The molecule has 2 aromatic carbocycles. The lowest BCUT2D eigenvalue weighted by Crippen LogP contribution is -2.25. The van der Waals surface area contributed by atoms with Crippen LogP contribution in [0.15, 0.2) is 42.5 Å². The number of fused-ring (bicyclic) bond motifs is 1. The van der Waals surface area contributed by atoms with Crippen molar-refractivity contribution in [1.29, 1.82) is 0 Å². The maximum absolute atomic E-state index is 12.2. The van der Waals surface area contributed by atoms with Crippen LogP contribution in [0.4, 0.5) is 5.69 Å². The van der Waals surface area contributed by atoms with Crippen LogP contribution in [0.2, 0.25) is 0 Å². The SMILES string of the molecule is Cc1nc2ccc(CCNC(=O)c3ccc(N(C)C)cc3)cc2[nH]1. The summed E-state index contributed by atoms with van der Waals surface area (Å²) in [6, 6.07) is 13.8. The molecule has 24 heavy (non-hydrogen) atoms. The van der Waals surface area contributed by atoms with Crippen LogP contribution in [0, 0.1) is 6.92 Å². The fraction of sp³-hybridized carbons (Fsp3) is 0.263. The molecule has 0 aliphatic heterocycles. The fourth-order valence-electron chi connectivity index (χ4n) is 2.67. The molecule has 0 radical (unpaired) electrons. The van der Waals surface area contributed by atoms with E-state index >= 15 is 0 Å². The quantitative estimate of drug-likeness (QED) is 0.759. The maximum Gasteiger partial charge on any atom is 0.251 e. The van der Waals surface area contributed by atoms with Crippen molar-refractivity contribution in [2.75, 3.05) is 25.5 Å². The number of benzene rings is 2. The van der Waals surface area contributed by atoms with Gasteiger partial charge in [0.05, 0.1) is 11.0 Å². The third-order valence-electron chi connectivity index (χ3n) is 4.01. The molecule has 0 fully saturated rings. The Hall–Kier alpha value is -2.82. The highest BCUT2D eigenvalue weighted by atomic mass is 16.1. The van der Waals surface area contributed by atoms with E-state index in [1.165, 1.54) is 5.56 Å². The summed E-state index contributed by atoms with van der Waals surface area (Å²) >= 11 is 0. The van der Waals surface area contributed by atoms with E-state index in [1.54, 1.807) is 0 Å². The van der Waals surface area contributed by atoms with Gasteiger partial charge in [-0.3, -0.25) is 4.79 Å². The molecular formula is C19H22N4O. The molecule has 0 aliphatic carbocycles. The van der Waals surface area contributed by atoms with Crippen LogP contribution < -0.4 is 10.2 Å². The second kappa shape index (κ2) is 6.74. The normalized spacial score (nSPS) is 10.8. The first kappa shape index (κ1) is 16.1. The van der Waals surface area contributed by atoms with Crippen molar-refractivity contribution in [2.45, 2.75) is 13.3 Å². The largest absolute Gasteiger partial charge is 0.378 e. The molecule has 0 aliphatic rings. The highest BCUT2D eigenvalue weighted by Crippen LogP contribution is 2.14. The third kappa shape index (κ3) is 3.56. The molecule has 0 spiro atoms.